The third-order valence-corrected chi connectivity index (χ3v) is 5.79. The van der Waals surface area contributed by atoms with Gasteiger partial charge in [-0.25, -0.2) is 9.37 Å². The lowest BCUT2D eigenvalue weighted by molar-refractivity contribution is -0.137. The minimum absolute atomic E-state index is 0.0233. The van der Waals surface area contributed by atoms with Crippen LogP contribution in [0.2, 0.25) is 0 Å². The highest BCUT2D eigenvalue weighted by molar-refractivity contribution is 7.13. The first-order valence-electron chi connectivity index (χ1n) is 9.39. The first-order chi connectivity index (χ1) is 13.7. The van der Waals surface area contributed by atoms with E-state index in [0.29, 0.717) is 12.3 Å². The maximum Gasteiger partial charge on any atom is 0.261 e. The standard InChI is InChI=1S/C22H21FN2O2S/c23-17-11-9-16(10-12-17)22-24-19(15-28-22)20-8-4-5-13-25(20)21(26)14-27-18-6-2-1-3-7-18/h1-3,6-7,9-12,15,20H,4-5,8,13-14H2. The first-order valence-corrected chi connectivity index (χ1v) is 10.3. The summed E-state index contributed by atoms with van der Waals surface area (Å²) in [5.74, 6) is 0.407. The van der Waals surface area contributed by atoms with Crippen molar-refractivity contribution in [3.05, 3.63) is 71.5 Å². The van der Waals surface area contributed by atoms with Crippen LogP contribution >= 0.6 is 11.3 Å². The summed E-state index contributed by atoms with van der Waals surface area (Å²) >= 11 is 1.52. The Morgan fingerprint density at radius 2 is 1.93 bits per heavy atom. The predicted molar refractivity (Wildman–Crippen MR) is 108 cm³/mol. The van der Waals surface area contributed by atoms with E-state index >= 15 is 0 Å². The van der Waals surface area contributed by atoms with Gasteiger partial charge in [0.05, 0.1) is 11.7 Å². The number of piperidine rings is 1. The molecule has 0 N–H and O–H groups in total. The number of aromatic nitrogens is 1. The highest BCUT2D eigenvalue weighted by Crippen LogP contribution is 2.34. The Morgan fingerprint density at radius 3 is 2.71 bits per heavy atom. The number of nitrogens with zero attached hydrogens (tertiary/aromatic N) is 2. The fourth-order valence-corrected chi connectivity index (χ4v) is 4.32. The van der Waals surface area contributed by atoms with Gasteiger partial charge in [-0.15, -0.1) is 11.3 Å². The van der Waals surface area contributed by atoms with Crippen LogP contribution in [0.3, 0.4) is 0 Å². The summed E-state index contributed by atoms with van der Waals surface area (Å²) in [6, 6.07) is 15.7. The van der Waals surface area contributed by atoms with Crippen molar-refractivity contribution in [2.24, 2.45) is 0 Å². The van der Waals surface area contributed by atoms with E-state index < -0.39 is 0 Å². The van der Waals surface area contributed by atoms with Crippen LogP contribution in [0.15, 0.2) is 60.0 Å². The molecule has 1 atom stereocenters. The highest BCUT2D eigenvalue weighted by atomic mass is 32.1. The van der Waals surface area contributed by atoms with Crippen molar-refractivity contribution < 1.29 is 13.9 Å². The molecule has 3 aromatic rings. The van der Waals surface area contributed by atoms with Crippen LogP contribution < -0.4 is 4.74 Å². The molecule has 144 valence electrons. The normalized spacial score (nSPS) is 16.8. The number of carbonyl (C=O) groups excluding carboxylic acids is 1. The Bertz CT molecular complexity index is 927. The van der Waals surface area contributed by atoms with E-state index in [1.807, 2.05) is 40.6 Å². The van der Waals surface area contributed by atoms with Gasteiger partial charge in [-0.2, -0.15) is 0 Å². The molecule has 0 spiro atoms. The lowest BCUT2D eigenvalue weighted by atomic mass is 10.00. The quantitative estimate of drug-likeness (QED) is 0.604. The van der Waals surface area contributed by atoms with Crippen molar-refractivity contribution in [2.75, 3.05) is 13.2 Å². The molecular weight excluding hydrogens is 375 g/mol. The molecule has 1 aliphatic heterocycles. The number of carbonyl (C=O) groups is 1. The number of rotatable bonds is 5. The number of benzene rings is 2. The molecule has 1 fully saturated rings. The van der Waals surface area contributed by atoms with Crippen molar-refractivity contribution in [3.8, 4) is 16.3 Å². The number of likely N-dealkylation sites (tertiary alicyclic amines) is 1. The van der Waals surface area contributed by atoms with E-state index in [-0.39, 0.29) is 24.4 Å². The van der Waals surface area contributed by atoms with Crippen molar-refractivity contribution in [1.82, 2.24) is 9.88 Å². The van der Waals surface area contributed by atoms with Gasteiger partial charge >= 0.3 is 0 Å². The molecule has 0 saturated carbocycles. The Labute approximate surface area is 167 Å². The van der Waals surface area contributed by atoms with Gasteiger partial charge in [0.1, 0.15) is 16.6 Å². The molecule has 1 unspecified atom stereocenters. The second-order valence-corrected chi connectivity index (χ2v) is 7.64. The average molecular weight is 396 g/mol. The molecule has 2 heterocycles. The third-order valence-electron chi connectivity index (χ3n) is 4.88. The van der Waals surface area contributed by atoms with E-state index in [1.165, 1.54) is 23.5 Å². The van der Waals surface area contributed by atoms with Crippen LogP contribution in [-0.2, 0) is 4.79 Å². The molecule has 4 nitrogen and oxygen atoms in total. The summed E-state index contributed by atoms with van der Waals surface area (Å²) in [5.41, 5.74) is 1.79. The molecular formula is C22H21FN2O2S. The summed E-state index contributed by atoms with van der Waals surface area (Å²) < 4.78 is 18.8. The Morgan fingerprint density at radius 1 is 1.14 bits per heavy atom. The molecule has 0 radical (unpaired) electrons. The van der Waals surface area contributed by atoms with Crippen molar-refractivity contribution >= 4 is 17.2 Å². The largest absolute Gasteiger partial charge is 0.484 e. The van der Waals surface area contributed by atoms with E-state index in [0.717, 1.165) is 35.5 Å². The van der Waals surface area contributed by atoms with E-state index in [1.54, 1.807) is 12.1 Å². The topological polar surface area (TPSA) is 42.4 Å². The molecule has 0 aliphatic carbocycles. The van der Waals surface area contributed by atoms with Crippen LogP contribution in [0, 0.1) is 5.82 Å². The van der Waals surface area contributed by atoms with Gasteiger partial charge in [-0.1, -0.05) is 18.2 Å². The van der Waals surface area contributed by atoms with E-state index in [9.17, 15) is 9.18 Å². The number of para-hydroxylation sites is 1. The van der Waals surface area contributed by atoms with Crippen LogP contribution in [0.25, 0.3) is 10.6 Å². The maximum atomic E-state index is 13.2. The Balaban J connectivity index is 1.47. The van der Waals surface area contributed by atoms with Gasteiger partial charge in [0.15, 0.2) is 6.61 Å². The van der Waals surface area contributed by atoms with Gasteiger partial charge in [0.25, 0.3) is 5.91 Å². The summed E-state index contributed by atoms with van der Waals surface area (Å²) in [7, 11) is 0. The monoisotopic (exact) mass is 396 g/mol. The SMILES string of the molecule is O=C(COc1ccccc1)N1CCCCC1c1csc(-c2ccc(F)cc2)n1. The second-order valence-electron chi connectivity index (χ2n) is 6.78. The molecule has 1 aromatic heterocycles. The van der Waals surface area contributed by atoms with Crippen LogP contribution in [0.1, 0.15) is 31.0 Å². The minimum atomic E-state index is -0.261. The zero-order chi connectivity index (χ0) is 19.3. The number of amides is 1. The molecule has 28 heavy (non-hydrogen) atoms. The summed E-state index contributed by atoms with van der Waals surface area (Å²) in [5, 5.41) is 2.85. The summed E-state index contributed by atoms with van der Waals surface area (Å²) in [6.45, 7) is 0.737. The van der Waals surface area contributed by atoms with Crippen LogP contribution in [0.4, 0.5) is 4.39 Å². The second kappa shape index (κ2) is 8.52. The Kier molecular flexibility index (Phi) is 5.67. The van der Waals surface area contributed by atoms with Crippen LogP contribution in [-0.4, -0.2) is 28.9 Å². The fourth-order valence-electron chi connectivity index (χ4n) is 3.45. The molecule has 0 bridgehead atoms. The van der Waals surface area contributed by atoms with Gasteiger partial charge in [-0.05, 0) is 55.7 Å². The Hall–Kier alpha value is -2.73. The zero-order valence-corrected chi connectivity index (χ0v) is 16.2. The molecule has 1 saturated heterocycles. The van der Waals surface area contributed by atoms with Crippen molar-refractivity contribution in [1.29, 1.82) is 0 Å². The number of hydrogen-bond acceptors (Lipinski definition) is 4. The number of ether oxygens (including phenoxy) is 1. The van der Waals surface area contributed by atoms with Gasteiger partial charge < -0.3 is 9.64 Å². The van der Waals surface area contributed by atoms with Crippen molar-refractivity contribution in [2.45, 2.75) is 25.3 Å². The van der Waals surface area contributed by atoms with Crippen molar-refractivity contribution in [3.63, 3.8) is 0 Å². The highest BCUT2D eigenvalue weighted by Gasteiger charge is 2.30. The van der Waals surface area contributed by atoms with Gasteiger partial charge in [0.2, 0.25) is 0 Å². The third kappa shape index (κ3) is 4.22. The number of halogens is 1. The molecule has 4 rings (SSSR count). The maximum absolute atomic E-state index is 13.2. The molecule has 1 aliphatic rings. The molecule has 2 aromatic carbocycles. The lowest BCUT2D eigenvalue weighted by Gasteiger charge is -2.34. The fraction of sp³-hybridized carbons (Fsp3) is 0.273. The van der Waals surface area contributed by atoms with E-state index in [4.69, 9.17) is 9.72 Å². The molecule has 1 amide bonds. The summed E-state index contributed by atoms with van der Waals surface area (Å²) in [4.78, 5) is 19.4. The first kappa shape index (κ1) is 18.6. The van der Waals surface area contributed by atoms with Gasteiger partial charge in [0, 0.05) is 17.5 Å². The number of hydrogen-bond donors (Lipinski definition) is 0. The molecule has 6 heteroatoms. The predicted octanol–water partition coefficient (Wildman–Crippen LogP) is 5.08. The average Bonchev–Trinajstić information content (AvgIpc) is 3.23. The zero-order valence-electron chi connectivity index (χ0n) is 15.4. The van der Waals surface area contributed by atoms with Gasteiger partial charge in [-0.3, -0.25) is 4.79 Å². The smallest absolute Gasteiger partial charge is 0.261 e. The van der Waals surface area contributed by atoms with E-state index in [2.05, 4.69) is 0 Å². The number of thiazole rings is 1. The lowest BCUT2D eigenvalue weighted by Crippen LogP contribution is -2.41. The minimum Gasteiger partial charge on any atom is -0.484 e. The van der Waals surface area contributed by atoms with Crippen LogP contribution in [0.5, 0.6) is 5.75 Å². The summed E-state index contributed by atoms with van der Waals surface area (Å²) in [6.07, 6.45) is 2.95.